The van der Waals surface area contributed by atoms with Crippen molar-refractivity contribution in [2.45, 2.75) is 19.3 Å². The first-order valence-corrected chi connectivity index (χ1v) is 7.33. The van der Waals surface area contributed by atoms with E-state index in [0.717, 1.165) is 45.4 Å². The van der Waals surface area contributed by atoms with Gasteiger partial charge in [-0.3, -0.25) is 4.79 Å². The highest BCUT2D eigenvalue weighted by Crippen LogP contribution is 2.39. The average Bonchev–Trinajstić information content (AvgIpc) is 3.04. The molecular weight excluding hydrogens is 308 g/mol. The highest BCUT2D eigenvalue weighted by molar-refractivity contribution is 5.93. The van der Waals surface area contributed by atoms with Gasteiger partial charge in [0.15, 0.2) is 5.69 Å². The van der Waals surface area contributed by atoms with Crippen LogP contribution in [0.1, 0.15) is 29.8 Å². The number of carbonyl (C=O) groups is 1. The molecule has 3 heterocycles. The summed E-state index contributed by atoms with van der Waals surface area (Å²) in [6.07, 6.45) is 3.24. The Balaban J connectivity index is 0.00000176. The van der Waals surface area contributed by atoms with E-state index in [1.54, 1.807) is 13.1 Å². The van der Waals surface area contributed by atoms with Crippen LogP contribution in [0.25, 0.3) is 0 Å². The molecule has 0 bridgehead atoms. The summed E-state index contributed by atoms with van der Waals surface area (Å²) in [6, 6.07) is 2.94. The van der Waals surface area contributed by atoms with E-state index in [9.17, 15) is 14.9 Å². The fraction of sp³-hybridized carbons (Fsp3) is 0.643. The van der Waals surface area contributed by atoms with Crippen molar-refractivity contribution in [2.24, 2.45) is 12.5 Å². The number of aromatic nitrogens is 1. The Morgan fingerprint density at radius 1 is 1.32 bits per heavy atom. The van der Waals surface area contributed by atoms with Gasteiger partial charge in [-0.1, -0.05) is 0 Å². The van der Waals surface area contributed by atoms with Gasteiger partial charge in [-0.2, -0.15) is 0 Å². The number of amides is 1. The monoisotopic (exact) mass is 328 g/mol. The maximum atomic E-state index is 12.6. The number of likely N-dealkylation sites (tertiary alicyclic amines) is 1. The standard InChI is InChI=1S/C14H20N4O3.ClH/c1-16-11(2-3-12(16)18(20)21)13(19)17-9-6-14(10-17)4-7-15-8-5-14;/h2-3,15H,4-10H2,1H3;1H. The van der Waals surface area contributed by atoms with Gasteiger partial charge in [0.25, 0.3) is 5.91 Å². The Kier molecular flexibility index (Phi) is 4.77. The second-order valence-electron chi connectivity index (χ2n) is 6.12. The van der Waals surface area contributed by atoms with Crippen LogP contribution in [0, 0.1) is 15.5 Å². The summed E-state index contributed by atoms with van der Waals surface area (Å²) in [5, 5.41) is 14.2. The predicted molar refractivity (Wildman–Crippen MR) is 84.4 cm³/mol. The van der Waals surface area contributed by atoms with Crippen molar-refractivity contribution >= 4 is 24.1 Å². The fourth-order valence-corrected chi connectivity index (χ4v) is 3.53. The van der Waals surface area contributed by atoms with Gasteiger partial charge in [0, 0.05) is 19.2 Å². The minimum atomic E-state index is -0.463. The van der Waals surface area contributed by atoms with Crippen molar-refractivity contribution in [1.82, 2.24) is 14.8 Å². The fourth-order valence-electron chi connectivity index (χ4n) is 3.53. The molecule has 1 amide bonds. The molecule has 1 N–H and O–H groups in total. The Morgan fingerprint density at radius 3 is 2.59 bits per heavy atom. The van der Waals surface area contributed by atoms with E-state index in [2.05, 4.69) is 5.32 Å². The highest BCUT2D eigenvalue weighted by Gasteiger charge is 2.41. The molecule has 0 unspecified atom stereocenters. The van der Waals surface area contributed by atoms with Crippen LogP contribution < -0.4 is 5.32 Å². The number of hydrogen-bond acceptors (Lipinski definition) is 4. The largest absolute Gasteiger partial charge is 0.358 e. The number of halogens is 1. The molecule has 0 aromatic carbocycles. The van der Waals surface area contributed by atoms with Crippen molar-refractivity contribution < 1.29 is 9.72 Å². The molecule has 7 nitrogen and oxygen atoms in total. The second kappa shape index (κ2) is 6.26. The topological polar surface area (TPSA) is 80.4 Å². The summed E-state index contributed by atoms with van der Waals surface area (Å²) in [4.78, 5) is 24.9. The molecule has 1 aromatic rings. The van der Waals surface area contributed by atoms with Gasteiger partial charge in [-0.15, -0.1) is 12.4 Å². The number of nitro groups is 1. The third-order valence-corrected chi connectivity index (χ3v) is 4.89. The minimum absolute atomic E-state index is 0. The van der Waals surface area contributed by atoms with Crippen molar-refractivity contribution in [3.8, 4) is 0 Å². The summed E-state index contributed by atoms with van der Waals surface area (Å²) >= 11 is 0. The van der Waals surface area contributed by atoms with E-state index in [4.69, 9.17) is 0 Å². The SMILES string of the molecule is Cl.Cn1c(C(=O)N2CCC3(CCNCC3)C2)ccc1[N+](=O)[O-]. The van der Waals surface area contributed by atoms with E-state index in [1.165, 1.54) is 10.6 Å². The molecule has 0 aliphatic carbocycles. The third kappa shape index (κ3) is 2.83. The second-order valence-corrected chi connectivity index (χ2v) is 6.12. The number of nitrogens with zero attached hydrogens (tertiary/aromatic N) is 3. The third-order valence-electron chi connectivity index (χ3n) is 4.89. The molecule has 2 saturated heterocycles. The number of nitrogens with one attached hydrogen (secondary N) is 1. The lowest BCUT2D eigenvalue weighted by atomic mass is 9.78. The van der Waals surface area contributed by atoms with Gasteiger partial charge < -0.3 is 20.3 Å². The first-order chi connectivity index (χ1) is 10.0. The van der Waals surface area contributed by atoms with Crippen molar-refractivity contribution in [1.29, 1.82) is 0 Å². The maximum Gasteiger partial charge on any atom is 0.323 e. The molecule has 8 heteroatoms. The number of piperidine rings is 1. The van der Waals surface area contributed by atoms with E-state index in [0.29, 0.717) is 5.69 Å². The summed E-state index contributed by atoms with van der Waals surface area (Å²) < 4.78 is 1.37. The molecule has 2 aliphatic heterocycles. The van der Waals surface area contributed by atoms with Gasteiger partial charge in [-0.25, -0.2) is 4.57 Å². The normalized spacial score (nSPS) is 20.0. The molecule has 2 aliphatic rings. The highest BCUT2D eigenvalue weighted by atomic mass is 35.5. The first-order valence-electron chi connectivity index (χ1n) is 7.33. The lowest BCUT2D eigenvalue weighted by Gasteiger charge is -2.33. The maximum absolute atomic E-state index is 12.6. The zero-order valence-electron chi connectivity index (χ0n) is 12.6. The molecule has 0 radical (unpaired) electrons. The molecule has 1 aromatic heterocycles. The van der Waals surface area contributed by atoms with Gasteiger partial charge in [0.2, 0.25) is 0 Å². The van der Waals surface area contributed by atoms with Crippen LogP contribution in [-0.4, -0.2) is 46.5 Å². The number of rotatable bonds is 2. The summed E-state index contributed by atoms with van der Waals surface area (Å²) in [5.74, 6) is -0.143. The van der Waals surface area contributed by atoms with Crippen LogP contribution >= 0.6 is 12.4 Å². The Morgan fingerprint density at radius 2 is 2.00 bits per heavy atom. The Hall–Kier alpha value is -1.60. The average molecular weight is 329 g/mol. The van der Waals surface area contributed by atoms with Crippen LogP contribution in [0.15, 0.2) is 12.1 Å². The van der Waals surface area contributed by atoms with E-state index in [-0.39, 0.29) is 29.5 Å². The van der Waals surface area contributed by atoms with Crippen LogP contribution in [0.3, 0.4) is 0 Å². The molecule has 0 saturated carbocycles. The van der Waals surface area contributed by atoms with Gasteiger partial charge in [0.1, 0.15) is 0 Å². The molecule has 22 heavy (non-hydrogen) atoms. The van der Waals surface area contributed by atoms with Crippen molar-refractivity contribution in [3.63, 3.8) is 0 Å². The zero-order valence-corrected chi connectivity index (χ0v) is 13.4. The van der Waals surface area contributed by atoms with E-state index in [1.807, 2.05) is 4.90 Å². The van der Waals surface area contributed by atoms with Crippen LogP contribution in [-0.2, 0) is 7.05 Å². The molecular formula is C14H21ClN4O3. The lowest BCUT2D eigenvalue weighted by molar-refractivity contribution is -0.391. The zero-order chi connectivity index (χ0) is 15.0. The number of hydrogen-bond donors (Lipinski definition) is 1. The Labute approximate surface area is 135 Å². The van der Waals surface area contributed by atoms with E-state index >= 15 is 0 Å². The molecule has 2 fully saturated rings. The smallest absolute Gasteiger partial charge is 0.323 e. The van der Waals surface area contributed by atoms with Crippen LogP contribution in [0.4, 0.5) is 5.82 Å². The van der Waals surface area contributed by atoms with Gasteiger partial charge >= 0.3 is 5.82 Å². The summed E-state index contributed by atoms with van der Waals surface area (Å²) in [7, 11) is 1.57. The summed E-state index contributed by atoms with van der Waals surface area (Å²) in [5.41, 5.74) is 0.644. The van der Waals surface area contributed by atoms with Gasteiger partial charge in [-0.05, 0) is 48.8 Å². The van der Waals surface area contributed by atoms with Crippen molar-refractivity contribution in [3.05, 3.63) is 27.9 Å². The predicted octanol–water partition coefficient (Wildman–Crippen LogP) is 1.57. The van der Waals surface area contributed by atoms with Gasteiger partial charge in [0.05, 0.1) is 7.05 Å². The van der Waals surface area contributed by atoms with Crippen molar-refractivity contribution in [2.75, 3.05) is 26.2 Å². The van der Waals surface area contributed by atoms with E-state index < -0.39 is 4.92 Å². The molecule has 1 spiro atoms. The molecule has 122 valence electrons. The molecule has 3 rings (SSSR count). The first kappa shape index (κ1) is 16.8. The minimum Gasteiger partial charge on any atom is -0.358 e. The number of carbonyl (C=O) groups excluding carboxylic acids is 1. The lowest BCUT2D eigenvalue weighted by Crippen LogP contribution is -2.40. The quantitative estimate of drug-likeness (QED) is 0.660. The Bertz CT molecular complexity index is 581. The molecule has 0 atom stereocenters. The van der Waals surface area contributed by atoms with Crippen LogP contribution in [0.5, 0.6) is 0 Å². The van der Waals surface area contributed by atoms with Crippen LogP contribution in [0.2, 0.25) is 0 Å². The summed E-state index contributed by atoms with van der Waals surface area (Å²) in [6.45, 7) is 3.54.